The van der Waals surface area contributed by atoms with Crippen LogP contribution in [0.5, 0.6) is 5.75 Å². The zero-order chi connectivity index (χ0) is 18.6. The van der Waals surface area contributed by atoms with Crippen LogP contribution in [-0.4, -0.2) is 44.5 Å². The molecule has 0 saturated carbocycles. The van der Waals surface area contributed by atoms with Crippen molar-refractivity contribution in [1.29, 1.82) is 0 Å². The van der Waals surface area contributed by atoms with Gasteiger partial charge in [-0.2, -0.15) is 18.3 Å². The van der Waals surface area contributed by atoms with Crippen LogP contribution in [0.3, 0.4) is 0 Å². The predicted octanol–water partition coefficient (Wildman–Crippen LogP) is 3.87. The predicted molar refractivity (Wildman–Crippen MR) is 95.8 cm³/mol. The molecular formula is C19H20F3N3O. The molecule has 1 aliphatic rings. The number of piperazine rings is 1. The van der Waals surface area contributed by atoms with Gasteiger partial charge in [-0.25, -0.2) is 0 Å². The number of rotatable bonds is 4. The molecular weight excluding hydrogens is 343 g/mol. The van der Waals surface area contributed by atoms with E-state index in [9.17, 15) is 13.2 Å². The summed E-state index contributed by atoms with van der Waals surface area (Å²) in [6, 6.07) is 13.2. The minimum Gasteiger partial charge on any atom is -0.495 e. The van der Waals surface area contributed by atoms with E-state index in [-0.39, 0.29) is 5.56 Å². The fraction of sp³-hybridized carbons (Fsp3) is 0.316. The fourth-order valence-electron chi connectivity index (χ4n) is 2.95. The van der Waals surface area contributed by atoms with Gasteiger partial charge in [0.2, 0.25) is 0 Å². The maximum Gasteiger partial charge on any atom is 0.417 e. The average Bonchev–Trinajstić information content (AvgIpc) is 2.66. The van der Waals surface area contributed by atoms with Crippen molar-refractivity contribution in [3.8, 4) is 5.75 Å². The van der Waals surface area contributed by atoms with E-state index in [1.54, 1.807) is 18.2 Å². The Kier molecular flexibility index (Phi) is 5.35. The van der Waals surface area contributed by atoms with Gasteiger partial charge in [0, 0.05) is 18.7 Å². The number of ether oxygens (including phenoxy) is 1. The van der Waals surface area contributed by atoms with E-state index in [4.69, 9.17) is 4.74 Å². The molecule has 0 aromatic heterocycles. The van der Waals surface area contributed by atoms with E-state index in [1.165, 1.54) is 18.3 Å². The first-order valence-electron chi connectivity index (χ1n) is 8.32. The van der Waals surface area contributed by atoms with Crippen LogP contribution in [0.1, 0.15) is 11.1 Å². The zero-order valence-electron chi connectivity index (χ0n) is 14.4. The number of alkyl halides is 3. The van der Waals surface area contributed by atoms with Crippen molar-refractivity contribution in [3.63, 3.8) is 0 Å². The highest BCUT2D eigenvalue weighted by atomic mass is 19.4. The molecule has 0 atom stereocenters. The van der Waals surface area contributed by atoms with Crippen molar-refractivity contribution in [2.75, 3.05) is 38.2 Å². The molecule has 0 unspecified atom stereocenters. The lowest BCUT2D eigenvalue weighted by Crippen LogP contribution is -2.44. The van der Waals surface area contributed by atoms with Crippen molar-refractivity contribution in [3.05, 3.63) is 59.7 Å². The minimum atomic E-state index is -4.38. The molecule has 0 amide bonds. The second kappa shape index (κ2) is 7.68. The van der Waals surface area contributed by atoms with Gasteiger partial charge in [0.1, 0.15) is 5.75 Å². The summed E-state index contributed by atoms with van der Waals surface area (Å²) in [5.74, 6) is 0.809. The number of hydrogen-bond acceptors (Lipinski definition) is 4. The second-order valence-electron chi connectivity index (χ2n) is 5.94. The van der Waals surface area contributed by atoms with Gasteiger partial charge in [0.15, 0.2) is 0 Å². The Labute approximate surface area is 150 Å². The molecule has 0 radical (unpaired) electrons. The van der Waals surface area contributed by atoms with E-state index in [1.807, 2.05) is 24.3 Å². The maximum absolute atomic E-state index is 13.0. The van der Waals surface area contributed by atoms with Crippen LogP contribution in [0.2, 0.25) is 0 Å². The normalized spacial score (nSPS) is 15.5. The Balaban J connectivity index is 1.66. The van der Waals surface area contributed by atoms with E-state index < -0.39 is 11.7 Å². The van der Waals surface area contributed by atoms with Crippen molar-refractivity contribution < 1.29 is 17.9 Å². The molecule has 0 N–H and O–H groups in total. The van der Waals surface area contributed by atoms with Crippen LogP contribution < -0.4 is 9.64 Å². The fourth-order valence-corrected chi connectivity index (χ4v) is 2.95. The second-order valence-corrected chi connectivity index (χ2v) is 5.94. The first-order valence-corrected chi connectivity index (χ1v) is 8.32. The third-order valence-electron chi connectivity index (χ3n) is 4.31. The molecule has 138 valence electrons. The van der Waals surface area contributed by atoms with Crippen LogP contribution in [0.4, 0.5) is 18.9 Å². The molecule has 4 nitrogen and oxygen atoms in total. The summed E-state index contributed by atoms with van der Waals surface area (Å²) in [5, 5.41) is 6.04. The number of hydrazone groups is 1. The summed E-state index contributed by atoms with van der Waals surface area (Å²) in [5.41, 5.74) is 0.421. The van der Waals surface area contributed by atoms with Crippen LogP contribution >= 0.6 is 0 Å². The van der Waals surface area contributed by atoms with Gasteiger partial charge in [-0.3, -0.25) is 5.01 Å². The van der Waals surface area contributed by atoms with Gasteiger partial charge in [-0.15, -0.1) is 0 Å². The Morgan fingerprint density at radius 2 is 1.62 bits per heavy atom. The van der Waals surface area contributed by atoms with Crippen molar-refractivity contribution >= 4 is 11.9 Å². The molecule has 1 aliphatic heterocycles. The summed E-state index contributed by atoms with van der Waals surface area (Å²) in [4.78, 5) is 2.19. The quantitative estimate of drug-likeness (QED) is 0.772. The summed E-state index contributed by atoms with van der Waals surface area (Å²) < 4.78 is 44.5. The van der Waals surface area contributed by atoms with Gasteiger partial charge < -0.3 is 9.64 Å². The standard InChI is InChI=1S/C19H20F3N3O/c1-26-18-9-5-4-8-17(18)24-10-12-25(13-11-24)23-14-15-6-2-3-7-16(15)19(20,21)22/h2-9,14H,10-13H2,1H3/b23-14-. The lowest BCUT2D eigenvalue weighted by molar-refractivity contribution is -0.137. The van der Waals surface area contributed by atoms with Crippen LogP contribution in [0.25, 0.3) is 0 Å². The topological polar surface area (TPSA) is 28.1 Å². The van der Waals surface area contributed by atoms with Crippen molar-refractivity contribution in [2.45, 2.75) is 6.18 Å². The maximum atomic E-state index is 13.0. The first-order chi connectivity index (χ1) is 12.5. The van der Waals surface area contributed by atoms with E-state index >= 15 is 0 Å². The first kappa shape index (κ1) is 18.1. The third kappa shape index (κ3) is 4.09. The van der Waals surface area contributed by atoms with Crippen molar-refractivity contribution in [2.24, 2.45) is 5.10 Å². The van der Waals surface area contributed by atoms with Crippen LogP contribution in [0.15, 0.2) is 53.6 Å². The van der Waals surface area contributed by atoms with E-state index in [0.717, 1.165) is 30.6 Å². The Morgan fingerprint density at radius 3 is 2.31 bits per heavy atom. The number of methoxy groups -OCH3 is 1. The minimum absolute atomic E-state index is 0.0761. The number of hydrogen-bond donors (Lipinski definition) is 0. The molecule has 1 heterocycles. The molecule has 2 aromatic rings. The Morgan fingerprint density at radius 1 is 0.962 bits per heavy atom. The monoisotopic (exact) mass is 363 g/mol. The molecule has 1 saturated heterocycles. The van der Waals surface area contributed by atoms with Crippen LogP contribution in [0, 0.1) is 0 Å². The Bertz CT molecular complexity index is 769. The van der Waals surface area contributed by atoms with Crippen LogP contribution in [-0.2, 0) is 6.18 Å². The smallest absolute Gasteiger partial charge is 0.417 e. The molecule has 0 spiro atoms. The molecule has 26 heavy (non-hydrogen) atoms. The highest BCUT2D eigenvalue weighted by molar-refractivity contribution is 5.81. The number of para-hydroxylation sites is 2. The molecule has 3 rings (SSSR count). The SMILES string of the molecule is COc1ccccc1N1CCN(/N=C\c2ccccc2C(F)(F)F)CC1. The summed E-state index contributed by atoms with van der Waals surface area (Å²) in [7, 11) is 1.64. The Hall–Kier alpha value is -2.70. The summed E-state index contributed by atoms with van der Waals surface area (Å²) >= 11 is 0. The van der Waals surface area contributed by atoms with Gasteiger partial charge in [0.25, 0.3) is 0 Å². The summed E-state index contributed by atoms with van der Waals surface area (Å²) in [6.45, 7) is 2.70. The highest BCUT2D eigenvalue weighted by Gasteiger charge is 2.32. The zero-order valence-corrected chi connectivity index (χ0v) is 14.4. The molecule has 1 fully saturated rings. The summed E-state index contributed by atoms with van der Waals surface area (Å²) in [6.07, 6.45) is -3.09. The van der Waals surface area contributed by atoms with E-state index in [2.05, 4.69) is 10.0 Å². The average molecular weight is 363 g/mol. The largest absolute Gasteiger partial charge is 0.495 e. The van der Waals surface area contributed by atoms with E-state index in [0.29, 0.717) is 13.1 Å². The molecule has 7 heteroatoms. The van der Waals surface area contributed by atoms with Gasteiger partial charge >= 0.3 is 6.18 Å². The molecule has 0 bridgehead atoms. The number of nitrogens with zero attached hydrogens (tertiary/aromatic N) is 3. The number of benzene rings is 2. The number of halogens is 3. The highest BCUT2D eigenvalue weighted by Crippen LogP contribution is 2.31. The lowest BCUT2D eigenvalue weighted by Gasteiger charge is -2.35. The molecule has 2 aromatic carbocycles. The van der Waals surface area contributed by atoms with Gasteiger partial charge in [-0.05, 0) is 18.2 Å². The number of anilines is 1. The van der Waals surface area contributed by atoms with Crippen molar-refractivity contribution in [1.82, 2.24) is 5.01 Å². The van der Waals surface area contributed by atoms with Gasteiger partial charge in [0.05, 0.1) is 37.7 Å². The third-order valence-corrected chi connectivity index (χ3v) is 4.31. The molecule has 0 aliphatic carbocycles. The van der Waals surface area contributed by atoms with Gasteiger partial charge in [-0.1, -0.05) is 30.3 Å². The lowest BCUT2D eigenvalue weighted by atomic mass is 10.1.